The van der Waals surface area contributed by atoms with E-state index in [0.29, 0.717) is 17.4 Å². The lowest BCUT2D eigenvalue weighted by Gasteiger charge is -2.25. The van der Waals surface area contributed by atoms with Gasteiger partial charge in [0.15, 0.2) is 0 Å². The zero-order chi connectivity index (χ0) is 15.6. The summed E-state index contributed by atoms with van der Waals surface area (Å²) in [6, 6.07) is 3.12. The molecular formula is C16H21ClFNO2. The molecule has 0 aromatic heterocycles. The first-order valence-electron chi connectivity index (χ1n) is 7.30. The Bertz CT molecular complexity index is 521. The maximum absolute atomic E-state index is 13.1. The predicted octanol–water partition coefficient (Wildman–Crippen LogP) is 3.97. The summed E-state index contributed by atoms with van der Waals surface area (Å²) in [4.78, 5) is 13.6. The van der Waals surface area contributed by atoms with Gasteiger partial charge in [0, 0.05) is 11.6 Å². The van der Waals surface area contributed by atoms with E-state index in [1.165, 1.54) is 18.2 Å². The summed E-state index contributed by atoms with van der Waals surface area (Å²) < 4.78 is 13.1. The predicted molar refractivity (Wildman–Crippen MR) is 80.9 cm³/mol. The number of carboxylic acids is 1. The van der Waals surface area contributed by atoms with Gasteiger partial charge in [0.1, 0.15) is 11.9 Å². The molecule has 1 saturated heterocycles. The van der Waals surface area contributed by atoms with E-state index in [1.54, 1.807) is 0 Å². The maximum Gasteiger partial charge on any atom is 0.325 e. The van der Waals surface area contributed by atoms with Crippen molar-refractivity contribution in [3.8, 4) is 0 Å². The van der Waals surface area contributed by atoms with Gasteiger partial charge < -0.3 is 5.11 Å². The molecule has 1 fully saturated rings. The van der Waals surface area contributed by atoms with E-state index in [2.05, 4.69) is 13.8 Å². The quantitative estimate of drug-likeness (QED) is 0.894. The van der Waals surface area contributed by atoms with Crippen molar-refractivity contribution >= 4 is 17.6 Å². The van der Waals surface area contributed by atoms with Crippen molar-refractivity contribution in [1.29, 1.82) is 0 Å². The molecule has 21 heavy (non-hydrogen) atoms. The van der Waals surface area contributed by atoms with Gasteiger partial charge >= 0.3 is 5.97 Å². The van der Waals surface area contributed by atoms with Crippen LogP contribution in [-0.4, -0.2) is 29.1 Å². The number of halogens is 2. The molecule has 0 spiro atoms. The lowest BCUT2D eigenvalue weighted by molar-refractivity contribution is -0.143. The van der Waals surface area contributed by atoms with Crippen LogP contribution in [0.2, 0.25) is 5.02 Å². The zero-order valence-corrected chi connectivity index (χ0v) is 13.1. The topological polar surface area (TPSA) is 40.5 Å². The molecule has 0 saturated carbocycles. The Morgan fingerprint density at radius 2 is 2.24 bits per heavy atom. The number of hydrogen-bond acceptors (Lipinski definition) is 2. The van der Waals surface area contributed by atoms with Gasteiger partial charge in [0.25, 0.3) is 0 Å². The van der Waals surface area contributed by atoms with Crippen molar-refractivity contribution < 1.29 is 14.3 Å². The van der Waals surface area contributed by atoms with Crippen molar-refractivity contribution in [3.63, 3.8) is 0 Å². The Hall–Kier alpha value is -1.13. The van der Waals surface area contributed by atoms with Gasteiger partial charge in [-0.15, -0.1) is 0 Å². The number of hydrogen-bond donors (Lipinski definition) is 1. The first kappa shape index (κ1) is 16.2. The number of benzene rings is 1. The minimum absolute atomic E-state index is 0.176. The number of aliphatic carboxylic acids is 1. The Balaban J connectivity index is 2.19. The van der Waals surface area contributed by atoms with E-state index in [1.807, 2.05) is 4.90 Å². The second-order valence-corrected chi connectivity index (χ2v) is 6.59. The van der Waals surface area contributed by atoms with E-state index in [4.69, 9.17) is 11.6 Å². The van der Waals surface area contributed by atoms with Crippen LogP contribution < -0.4 is 0 Å². The van der Waals surface area contributed by atoms with Gasteiger partial charge in [-0.2, -0.15) is 0 Å². The fraction of sp³-hybridized carbons (Fsp3) is 0.562. The highest BCUT2D eigenvalue weighted by Crippen LogP contribution is 2.34. The molecule has 2 unspecified atom stereocenters. The fourth-order valence-electron chi connectivity index (χ4n) is 3.17. The lowest BCUT2D eigenvalue weighted by atomic mass is 9.96. The molecular weight excluding hydrogens is 293 g/mol. The van der Waals surface area contributed by atoms with Gasteiger partial charge in [0.2, 0.25) is 0 Å². The van der Waals surface area contributed by atoms with Crippen LogP contribution in [0.3, 0.4) is 0 Å². The molecule has 0 radical (unpaired) electrons. The van der Waals surface area contributed by atoms with E-state index in [0.717, 1.165) is 25.9 Å². The second-order valence-electron chi connectivity index (χ2n) is 6.19. The van der Waals surface area contributed by atoms with Gasteiger partial charge in [-0.3, -0.25) is 9.69 Å². The second kappa shape index (κ2) is 6.75. The average molecular weight is 314 g/mol. The molecule has 2 rings (SSSR count). The van der Waals surface area contributed by atoms with Crippen LogP contribution in [0.5, 0.6) is 0 Å². The highest BCUT2D eigenvalue weighted by atomic mass is 35.5. The van der Waals surface area contributed by atoms with Crippen molar-refractivity contribution in [1.82, 2.24) is 4.90 Å². The maximum atomic E-state index is 13.1. The molecule has 116 valence electrons. The molecule has 1 aliphatic heterocycles. The molecule has 1 N–H and O–H groups in total. The summed E-state index contributed by atoms with van der Waals surface area (Å²) in [7, 11) is 0. The normalized spacial score (nSPS) is 20.9. The minimum atomic E-state index is -0.936. The number of carboxylic acid groups (broad SMARTS) is 1. The van der Waals surface area contributed by atoms with Gasteiger partial charge in [-0.1, -0.05) is 31.5 Å². The Morgan fingerprint density at radius 3 is 2.81 bits per heavy atom. The molecule has 1 aliphatic rings. The summed E-state index contributed by atoms with van der Waals surface area (Å²) in [5, 5.41) is 9.73. The summed E-state index contributed by atoms with van der Waals surface area (Å²) in [6.07, 6.45) is 2.10. The third-order valence-corrected chi connectivity index (χ3v) is 4.31. The molecule has 5 heteroatoms. The highest BCUT2D eigenvalue weighted by Gasteiger charge is 2.34. The van der Waals surface area contributed by atoms with E-state index in [9.17, 15) is 14.3 Å². The van der Waals surface area contributed by atoms with Crippen LogP contribution in [0, 0.1) is 17.7 Å². The molecule has 1 aromatic carbocycles. The van der Waals surface area contributed by atoms with Crippen molar-refractivity contribution in [3.05, 3.63) is 34.6 Å². The van der Waals surface area contributed by atoms with Crippen LogP contribution in [0.15, 0.2) is 18.2 Å². The number of likely N-dealkylation sites (tertiary alicyclic amines) is 1. The Kier molecular flexibility index (Phi) is 5.22. The van der Waals surface area contributed by atoms with Crippen molar-refractivity contribution in [2.45, 2.75) is 32.7 Å². The molecule has 3 nitrogen and oxygen atoms in total. The van der Waals surface area contributed by atoms with Crippen molar-refractivity contribution in [2.24, 2.45) is 11.8 Å². The number of nitrogens with zero attached hydrogens (tertiary/aromatic N) is 1. The smallest absolute Gasteiger partial charge is 0.325 e. The molecule has 1 aromatic rings. The molecule has 1 heterocycles. The molecule has 0 amide bonds. The Labute approximate surface area is 129 Å². The van der Waals surface area contributed by atoms with E-state index >= 15 is 0 Å². The van der Waals surface area contributed by atoms with Crippen LogP contribution in [0.25, 0.3) is 0 Å². The highest BCUT2D eigenvalue weighted by molar-refractivity contribution is 6.31. The van der Waals surface area contributed by atoms with Gasteiger partial charge in [-0.25, -0.2) is 4.39 Å². The van der Waals surface area contributed by atoms with Gasteiger partial charge in [-0.05, 0) is 48.9 Å². The monoisotopic (exact) mass is 313 g/mol. The zero-order valence-electron chi connectivity index (χ0n) is 12.4. The number of carbonyl (C=O) groups is 1. The van der Waals surface area contributed by atoms with Crippen LogP contribution in [0.1, 0.15) is 38.3 Å². The average Bonchev–Trinajstić information content (AvgIpc) is 2.79. The number of rotatable bonds is 5. The largest absolute Gasteiger partial charge is 0.480 e. The minimum Gasteiger partial charge on any atom is -0.480 e. The van der Waals surface area contributed by atoms with Crippen LogP contribution in [0.4, 0.5) is 4.39 Å². The summed E-state index contributed by atoms with van der Waals surface area (Å²) in [5.41, 5.74) is 0.468. The summed E-state index contributed by atoms with van der Waals surface area (Å²) in [5.74, 6) is -0.264. The fourth-order valence-corrected chi connectivity index (χ4v) is 3.44. The summed E-state index contributed by atoms with van der Waals surface area (Å²) in [6.45, 7) is 5.84. The molecule has 0 aliphatic carbocycles. The Morgan fingerprint density at radius 1 is 1.52 bits per heavy atom. The van der Waals surface area contributed by atoms with Crippen LogP contribution >= 0.6 is 11.6 Å². The molecule has 2 atom stereocenters. The third-order valence-electron chi connectivity index (χ3n) is 3.98. The van der Waals surface area contributed by atoms with E-state index in [-0.39, 0.29) is 5.02 Å². The van der Waals surface area contributed by atoms with Crippen LogP contribution in [-0.2, 0) is 4.79 Å². The molecule has 0 bridgehead atoms. The third kappa shape index (κ3) is 3.95. The van der Waals surface area contributed by atoms with Gasteiger partial charge in [0.05, 0.1) is 0 Å². The van der Waals surface area contributed by atoms with E-state index < -0.39 is 17.8 Å². The van der Waals surface area contributed by atoms with Crippen molar-refractivity contribution in [2.75, 3.05) is 13.1 Å². The first-order valence-corrected chi connectivity index (χ1v) is 7.68. The lowest BCUT2D eigenvalue weighted by Crippen LogP contribution is -2.32. The SMILES string of the molecule is CC(C)CC1CCN(C(C(=O)O)c2ccc(F)cc2Cl)C1. The summed E-state index contributed by atoms with van der Waals surface area (Å²) >= 11 is 6.04. The standard InChI is InChI=1S/C16H21ClFNO2/c1-10(2)7-11-5-6-19(9-11)15(16(20)21)13-4-3-12(18)8-14(13)17/h3-4,8,10-11,15H,5-7,9H2,1-2H3,(H,20,21). The first-order chi connectivity index (χ1) is 9.88.